The molecule has 0 aromatic heterocycles. The van der Waals surface area contributed by atoms with E-state index in [1.807, 2.05) is 42.5 Å². The molecule has 4 heteroatoms. The third kappa shape index (κ3) is 4.32. The van der Waals surface area contributed by atoms with Crippen LogP contribution in [0.25, 0.3) is 10.8 Å². The van der Waals surface area contributed by atoms with Crippen LogP contribution in [-0.4, -0.2) is 18.0 Å². The summed E-state index contributed by atoms with van der Waals surface area (Å²) in [6.07, 6.45) is 0.488. The Labute approximate surface area is 130 Å². The number of amides is 1. The molecule has 116 valence electrons. The van der Waals surface area contributed by atoms with E-state index < -0.39 is 17.7 Å². The minimum atomic E-state index is -0.570. The van der Waals surface area contributed by atoms with Gasteiger partial charge in [-0.1, -0.05) is 36.4 Å². The maximum atomic E-state index is 11.9. The molecule has 0 unspecified atom stereocenters. The zero-order valence-corrected chi connectivity index (χ0v) is 13.1. The highest BCUT2D eigenvalue weighted by molar-refractivity contribution is 5.83. The van der Waals surface area contributed by atoms with Gasteiger partial charge in [0, 0.05) is 6.42 Å². The molecule has 1 atom stereocenters. The molecule has 0 fully saturated rings. The predicted octanol–water partition coefficient (Wildman–Crippen LogP) is 3.99. The van der Waals surface area contributed by atoms with Gasteiger partial charge in [-0.3, -0.25) is 0 Å². The minimum absolute atomic E-state index is 0.206. The van der Waals surface area contributed by atoms with Crippen LogP contribution in [0.2, 0.25) is 0 Å². The second kappa shape index (κ2) is 6.60. The van der Waals surface area contributed by atoms with Gasteiger partial charge in [-0.25, -0.2) is 4.79 Å². The first-order valence-corrected chi connectivity index (χ1v) is 7.31. The Morgan fingerprint density at radius 2 is 1.86 bits per heavy atom. The van der Waals surface area contributed by atoms with Crippen LogP contribution in [-0.2, 0) is 9.53 Å². The summed E-state index contributed by atoms with van der Waals surface area (Å²) in [4.78, 5) is 22.9. The van der Waals surface area contributed by atoms with E-state index in [4.69, 9.17) is 4.74 Å². The summed E-state index contributed by atoms with van der Waals surface area (Å²) in [6.45, 7) is 5.41. The molecule has 2 aromatic rings. The lowest BCUT2D eigenvalue weighted by Crippen LogP contribution is -2.35. The molecule has 1 N–H and O–H groups in total. The molecule has 0 bridgehead atoms. The van der Waals surface area contributed by atoms with Gasteiger partial charge in [0.2, 0.25) is 0 Å². The fourth-order valence-electron chi connectivity index (χ4n) is 2.25. The first-order valence-electron chi connectivity index (χ1n) is 7.31. The Kier molecular flexibility index (Phi) is 4.81. The van der Waals surface area contributed by atoms with E-state index in [1.54, 1.807) is 20.8 Å². The molecule has 0 aliphatic carbocycles. The summed E-state index contributed by atoms with van der Waals surface area (Å²) >= 11 is 0. The Bertz CT molecular complexity index is 673. The SMILES string of the molecule is CC(C)(C)OC(=O)N[C@@H](CC=O)c1ccc2ccccc2c1. The molecule has 0 aliphatic rings. The number of alkyl carbamates (subject to hydrolysis) is 1. The molecule has 4 nitrogen and oxygen atoms in total. The highest BCUT2D eigenvalue weighted by atomic mass is 16.6. The number of rotatable bonds is 4. The van der Waals surface area contributed by atoms with Crippen LogP contribution >= 0.6 is 0 Å². The maximum absolute atomic E-state index is 11.9. The van der Waals surface area contributed by atoms with E-state index in [0.717, 1.165) is 22.6 Å². The zero-order valence-electron chi connectivity index (χ0n) is 13.1. The first kappa shape index (κ1) is 16.0. The highest BCUT2D eigenvalue weighted by Crippen LogP contribution is 2.22. The van der Waals surface area contributed by atoms with Crippen LogP contribution in [0.15, 0.2) is 42.5 Å². The molecule has 0 aliphatic heterocycles. The quantitative estimate of drug-likeness (QED) is 0.868. The lowest BCUT2D eigenvalue weighted by Gasteiger charge is -2.23. The summed E-state index contributed by atoms with van der Waals surface area (Å²) in [5.41, 5.74) is 0.316. The standard InChI is InChI=1S/C18H21NO3/c1-18(2,3)22-17(21)19-16(10-11-20)15-9-8-13-6-4-5-7-14(13)12-15/h4-9,11-12,16H,10H2,1-3H3,(H,19,21)/t16-/m0/s1. The van der Waals surface area contributed by atoms with Crippen molar-refractivity contribution in [2.45, 2.75) is 38.8 Å². The van der Waals surface area contributed by atoms with Crippen molar-refractivity contribution in [1.82, 2.24) is 5.32 Å². The van der Waals surface area contributed by atoms with E-state index in [9.17, 15) is 9.59 Å². The zero-order chi connectivity index (χ0) is 16.2. The topological polar surface area (TPSA) is 55.4 Å². The summed E-state index contributed by atoms with van der Waals surface area (Å²) in [6, 6.07) is 13.5. The smallest absolute Gasteiger partial charge is 0.408 e. The number of hydrogen-bond donors (Lipinski definition) is 1. The van der Waals surface area contributed by atoms with Crippen molar-refractivity contribution in [3.63, 3.8) is 0 Å². The van der Waals surface area contributed by atoms with Crippen molar-refractivity contribution < 1.29 is 14.3 Å². The van der Waals surface area contributed by atoms with Crippen LogP contribution in [0.1, 0.15) is 38.8 Å². The molecule has 0 radical (unpaired) electrons. The van der Waals surface area contributed by atoms with Crippen LogP contribution in [0.3, 0.4) is 0 Å². The van der Waals surface area contributed by atoms with Gasteiger partial charge in [0.05, 0.1) is 6.04 Å². The van der Waals surface area contributed by atoms with Crippen molar-refractivity contribution >= 4 is 23.2 Å². The van der Waals surface area contributed by atoms with Crippen molar-refractivity contribution in [1.29, 1.82) is 0 Å². The first-order chi connectivity index (χ1) is 10.4. The second-order valence-corrected chi connectivity index (χ2v) is 6.21. The maximum Gasteiger partial charge on any atom is 0.408 e. The Hall–Kier alpha value is -2.36. The van der Waals surface area contributed by atoms with Crippen molar-refractivity contribution in [3.05, 3.63) is 48.0 Å². The molecule has 2 rings (SSSR count). The number of carbonyl (C=O) groups is 2. The normalized spacial score (nSPS) is 12.7. The van der Waals surface area contributed by atoms with Gasteiger partial charge in [0.1, 0.15) is 11.9 Å². The van der Waals surface area contributed by atoms with Gasteiger partial charge in [-0.2, -0.15) is 0 Å². The molecule has 2 aromatic carbocycles. The molecular formula is C18H21NO3. The summed E-state index contributed by atoms with van der Waals surface area (Å²) < 4.78 is 5.26. The minimum Gasteiger partial charge on any atom is -0.444 e. The number of hydrogen-bond acceptors (Lipinski definition) is 3. The molecule has 1 amide bonds. The average molecular weight is 299 g/mol. The van der Waals surface area contributed by atoms with Gasteiger partial charge in [-0.05, 0) is 43.2 Å². The Morgan fingerprint density at radius 1 is 1.18 bits per heavy atom. The monoisotopic (exact) mass is 299 g/mol. The predicted molar refractivity (Wildman–Crippen MR) is 86.7 cm³/mol. The van der Waals surface area contributed by atoms with Gasteiger partial charge < -0.3 is 14.8 Å². The summed E-state index contributed by atoms with van der Waals surface area (Å²) in [7, 11) is 0. The fraction of sp³-hybridized carbons (Fsp3) is 0.333. The number of nitrogens with one attached hydrogen (secondary N) is 1. The number of fused-ring (bicyclic) bond motifs is 1. The molecular weight excluding hydrogens is 278 g/mol. The highest BCUT2D eigenvalue weighted by Gasteiger charge is 2.20. The van der Waals surface area contributed by atoms with Crippen LogP contribution in [0, 0.1) is 0 Å². The Balaban J connectivity index is 2.22. The van der Waals surface area contributed by atoms with Crippen LogP contribution in [0.5, 0.6) is 0 Å². The van der Waals surface area contributed by atoms with E-state index in [-0.39, 0.29) is 6.42 Å². The third-order valence-electron chi connectivity index (χ3n) is 3.20. The molecule has 22 heavy (non-hydrogen) atoms. The van der Waals surface area contributed by atoms with E-state index in [2.05, 4.69) is 5.32 Å². The molecule has 0 spiro atoms. The summed E-state index contributed by atoms with van der Waals surface area (Å²) in [5.74, 6) is 0. The third-order valence-corrected chi connectivity index (χ3v) is 3.20. The van der Waals surface area contributed by atoms with Crippen molar-refractivity contribution in [3.8, 4) is 0 Å². The molecule has 0 saturated heterocycles. The van der Waals surface area contributed by atoms with Gasteiger partial charge in [-0.15, -0.1) is 0 Å². The van der Waals surface area contributed by atoms with Crippen molar-refractivity contribution in [2.24, 2.45) is 0 Å². The fourth-order valence-corrected chi connectivity index (χ4v) is 2.25. The number of carbonyl (C=O) groups excluding carboxylic acids is 2. The number of ether oxygens (including phenoxy) is 1. The lowest BCUT2D eigenvalue weighted by atomic mass is 10.0. The van der Waals surface area contributed by atoms with Gasteiger partial charge in [0.25, 0.3) is 0 Å². The number of aldehydes is 1. The van der Waals surface area contributed by atoms with Gasteiger partial charge in [0.15, 0.2) is 0 Å². The number of benzene rings is 2. The summed E-state index contributed by atoms with van der Waals surface area (Å²) in [5, 5.41) is 4.95. The van der Waals surface area contributed by atoms with Crippen molar-refractivity contribution in [2.75, 3.05) is 0 Å². The molecule has 0 heterocycles. The van der Waals surface area contributed by atoms with E-state index in [0.29, 0.717) is 0 Å². The van der Waals surface area contributed by atoms with E-state index in [1.165, 1.54) is 0 Å². The van der Waals surface area contributed by atoms with Crippen LogP contribution in [0.4, 0.5) is 4.79 Å². The second-order valence-electron chi connectivity index (χ2n) is 6.21. The Morgan fingerprint density at radius 3 is 2.50 bits per heavy atom. The van der Waals surface area contributed by atoms with Gasteiger partial charge >= 0.3 is 6.09 Å². The van der Waals surface area contributed by atoms with Crippen LogP contribution < -0.4 is 5.32 Å². The molecule has 0 saturated carbocycles. The average Bonchev–Trinajstić information content (AvgIpc) is 2.44. The largest absolute Gasteiger partial charge is 0.444 e. The van der Waals surface area contributed by atoms with E-state index >= 15 is 0 Å². The lowest BCUT2D eigenvalue weighted by molar-refractivity contribution is -0.108.